The van der Waals surface area contributed by atoms with E-state index in [4.69, 9.17) is 20.5 Å². The normalized spacial score (nSPS) is 16.9. The number of hydrogen-bond donors (Lipinski definition) is 1. The highest BCUT2D eigenvalue weighted by Gasteiger charge is 2.25. The monoisotopic (exact) mass is 272 g/mol. The molecule has 2 rings (SSSR count). The molecule has 0 saturated carbocycles. The lowest BCUT2D eigenvalue weighted by atomic mass is 9.97. The van der Waals surface area contributed by atoms with E-state index in [0.717, 1.165) is 0 Å². The Kier molecular flexibility index (Phi) is 3.66. The summed E-state index contributed by atoms with van der Waals surface area (Å²) in [5, 5.41) is 8.83. The molecule has 0 spiro atoms. The molecule has 0 fully saturated rings. The van der Waals surface area contributed by atoms with E-state index in [1.165, 1.54) is 6.08 Å². The van der Waals surface area contributed by atoms with E-state index in [0.29, 0.717) is 30.3 Å². The first-order valence-electron chi connectivity index (χ1n) is 6.22. The molecule has 0 saturated heterocycles. The second-order valence-electron chi connectivity index (χ2n) is 5.48. The van der Waals surface area contributed by atoms with Crippen molar-refractivity contribution in [3.05, 3.63) is 29.3 Å². The number of nitriles is 1. The molecule has 0 radical (unpaired) electrons. The molecular weight excluding hydrogens is 256 g/mol. The molecule has 5 heteroatoms. The maximum Gasteiger partial charge on any atom is 0.259 e. The molecule has 1 amide bonds. The number of ether oxygens (including phenoxy) is 2. The first kappa shape index (κ1) is 13.9. The lowest BCUT2D eigenvalue weighted by Crippen LogP contribution is -2.26. The van der Waals surface area contributed by atoms with Crippen molar-refractivity contribution in [3.63, 3.8) is 0 Å². The second kappa shape index (κ2) is 5.25. The van der Waals surface area contributed by atoms with Crippen molar-refractivity contribution in [2.45, 2.75) is 13.8 Å². The number of amides is 1. The fraction of sp³-hybridized carbons (Fsp3) is 0.333. The van der Waals surface area contributed by atoms with Crippen molar-refractivity contribution in [2.24, 2.45) is 11.1 Å². The summed E-state index contributed by atoms with van der Waals surface area (Å²) in [5.74, 6) is 0.511. The van der Waals surface area contributed by atoms with Crippen molar-refractivity contribution in [3.8, 4) is 17.6 Å². The molecule has 1 heterocycles. The van der Waals surface area contributed by atoms with Crippen LogP contribution in [0.5, 0.6) is 11.5 Å². The third-order valence-corrected chi connectivity index (χ3v) is 2.90. The Hall–Kier alpha value is -2.48. The van der Waals surface area contributed by atoms with Gasteiger partial charge < -0.3 is 15.2 Å². The number of nitrogens with zero attached hydrogens (tertiary/aromatic N) is 1. The number of hydrogen-bond acceptors (Lipinski definition) is 4. The zero-order valence-corrected chi connectivity index (χ0v) is 11.5. The molecule has 1 aromatic rings. The Bertz CT molecular complexity index is 612. The minimum Gasteiger partial charge on any atom is -0.489 e. The fourth-order valence-electron chi connectivity index (χ4n) is 1.76. The zero-order chi connectivity index (χ0) is 14.8. The molecule has 0 aromatic heterocycles. The van der Waals surface area contributed by atoms with Crippen molar-refractivity contribution < 1.29 is 14.3 Å². The molecule has 1 aliphatic heterocycles. The minimum absolute atomic E-state index is 0.0694. The van der Waals surface area contributed by atoms with Gasteiger partial charge in [-0.05, 0) is 23.8 Å². The third kappa shape index (κ3) is 3.09. The van der Waals surface area contributed by atoms with Gasteiger partial charge >= 0.3 is 0 Å². The van der Waals surface area contributed by atoms with E-state index >= 15 is 0 Å². The summed E-state index contributed by atoms with van der Waals surface area (Å²) in [6, 6.07) is 7.02. The molecule has 2 N–H and O–H groups in total. The molecule has 20 heavy (non-hydrogen) atoms. The van der Waals surface area contributed by atoms with Crippen LogP contribution in [0.25, 0.3) is 6.08 Å². The number of benzene rings is 1. The minimum atomic E-state index is -0.749. The van der Waals surface area contributed by atoms with Gasteiger partial charge in [-0.25, -0.2) is 0 Å². The Labute approximate surface area is 117 Å². The molecule has 0 aliphatic carbocycles. The summed E-state index contributed by atoms with van der Waals surface area (Å²) in [7, 11) is 0. The average Bonchev–Trinajstić information content (AvgIpc) is 2.55. The zero-order valence-electron chi connectivity index (χ0n) is 11.5. The van der Waals surface area contributed by atoms with E-state index in [1.54, 1.807) is 24.3 Å². The van der Waals surface area contributed by atoms with Crippen LogP contribution in [0.3, 0.4) is 0 Å². The first-order chi connectivity index (χ1) is 9.41. The first-order valence-corrected chi connectivity index (χ1v) is 6.22. The van der Waals surface area contributed by atoms with E-state index in [2.05, 4.69) is 13.8 Å². The summed E-state index contributed by atoms with van der Waals surface area (Å²) in [5.41, 5.74) is 5.61. The van der Waals surface area contributed by atoms with E-state index in [1.807, 2.05) is 0 Å². The van der Waals surface area contributed by atoms with Crippen LogP contribution in [0.2, 0.25) is 0 Å². The highest BCUT2D eigenvalue weighted by molar-refractivity contribution is 6.00. The number of rotatable bonds is 2. The van der Waals surface area contributed by atoms with Crippen molar-refractivity contribution >= 4 is 12.0 Å². The molecule has 1 aliphatic rings. The molecule has 0 bridgehead atoms. The summed E-state index contributed by atoms with van der Waals surface area (Å²) in [6.45, 7) is 5.22. The van der Waals surface area contributed by atoms with Crippen LogP contribution in [-0.4, -0.2) is 19.1 Å². The highest BCUT2D eigenvalue weighted by Crippen LogP contribution is 2.34. The molecule has 1 aromatic carbocycles. The Morgan fingerprint density at radius 2 is 2.00 bits per heavy atom. The second-order valence-corrected chi connectivity index (χ2v) is 5.48. The van der Waals surface area contributed by atoms with Crippen molar-refractivity contribution in [1.29, 1.82) is 5.26 Å². The molecule has 5 nitrogen and oxygen atoms in total. The predicted octanol–water partition coefficient (Wildman–Crippen LogP) is 1.88. The molecule has 0 unspecified atom stereocenters. The van der Waals surface area contributed by atoms with Crippen LogP contribution < -0.4 is 15.2 Å². The number of fused-ring (bicyclic) bond motifs is 1. The number of nitrogens with two attached hydrogens (primary N) is 1. The van der Waals surface area contributed by atoms with Crippen molar-refractivity contribution in [1.82, 2.24) is 0 Å². The Balaban J connectivity index is 2.32. The third-order valence-electron chi connectivity index (χ3n) is 2.90. The largest absolute Gasteiger partial charge is 0.489 e. The summed E-state index contributed by atoms with van der Waals surface area (Å²) >= 11 is 0. The predicted molar refractivity (Wildman–Crippen MR) is 74.0 cm³/mol. The topological polar surface area (TPSA) is 85.3 Å². The van der Waals surface area contributed by atoms with Crippen LogP contribution in [0.1, 0.15) is 19.4 Å². The van der Waals surface area contributed by atoms with E-state index in [9.17, 15) is 4.79 Å². The highest BCUT2D eigenvalue weighted by atomic mass is 16.5. The number of carbonyl (C=O) groups excluding carboxylic acids is 1. The summed E-state index contributed by atoms with van der Waals surface area (Å²) in [6.07, 6.45) is 1.43. The van der Waals surface area contributed by atoms with Crippen LogP contribution in [0.4, 0.5) is 0 Å². The average molecular weight is 272 g/mol. The van der Waals surface area contributed by atoms with Crippen LogP contribution in [0, 0.1) is 16.7 Å². The van der Waals surface area contributed by atoms with Gasteiger partial charge in [-0.3, -0.25) is 4.79 Å². The van der Waals surface area contributed by atoms with Gasteiger partial charge in [-0.1, -0.05) is 19.9 Å². The SMILES string of the molecule is CC1(C)COc2ccc(/C=C(\C#N)C(N)=O)cc2OC1. The fourth-order valence-corrected chi connectivity index (χ4v) is 1.76. The van der Waals surface area contributed by atoms with Gasteiger partial charge in [-0.2, -0.15) is 5.26 Å². The van der Waals surface area contributed by atoms with Gasteiger partial charge in [0.25, 0.3) is 5.91 Å². The maximum absolute atomic E-state index is 11.0. The van der Waals surface area contributed by atoms with Gasteiger partial charge in [-0.15, -0.1) is 0 Å². The van der Waals surface area contributed by atoms with Crippen molar-refractivity contribution in [2.75, 3.05) is 13.2 Å². The molecule has 0 atom stereocenters. The van der Waals surface area contributed by atoms with Crippen LogP contribution in [-0.2, 0) is 4.79 Å². The lowest BCUT2D eigenvalue weighted by Gasteiger charge is -2.19. The van der Waals surface area contributed by atoms with E-state index < -0.39 is 5.91 Å². The number of primary amides is 1. The Morgan fingerprint density at radius 1 is 1.35 bits per heavy atom. The Morgan fingerprint density at radius 3 is 2.60 bits per heavy atom. The summed E-state index contributed by atoms with van der Waals surface area (Å²) in [4.78, 5) is 11.0. The smallest absolute Gasteiger partial charge is 0.259 e. The quantitative estimate of drug-likeness (QED) is 0.658. The maximum atomic E-state index is 11.0. The van der Waals surface area contributed by atoms with Gasteiger partial charge in [0.1, 0.15) is 11.6 Å². The van der Waals surface area contributed by atoms with Gasteiger partial charge in [0.15, 0.2) is 11.5 Å². The van der Waals surface area contributed by atoms with E-state index in [-0.39, 0.29) is 11.0 Å². The summed E-state index contributed by atoms with van der Waals surface area (Å²) < 4.78 is 11.4. The van der Waals surface area contributed by atoms with Gasteiger partial charge in [0.05, 0.1) is 13.2 Å². The van der Waals surface area contributed by atoms with Gasteiger partial charge in [0.2, 0.25) is 0 Å². The van der Waals surface area contributed by atoms with Crippen LogP contribution >= 0.6 is 0 Å². The lowest BCUT2D eigenvalue weighted by molar-refractivity contribution is -0.114. The van der Waals surface area contributed by atoms with Gasteiger partial charge in [0, 0.05) is 5.41 Å². The number of carbonyl (C=O) groups is 1. The molecule has 104 valence electrons. The molecular formula is C15H16N2O3. The van der Waals surface area contributed by atoms with Crippen LogP contribution in [0.15, 0.2) is 23.8 Å². The standard InChI is InChI=1S/C15H16N2O3/c1-15(2)8-19-12-4-3-10(6-13(12)20-9-15)5-11(7-16)14(17)18/h3-6H,8-9H2,1-2H3,(H2,17,18)/b11-5+.